The van der Waals surface area contributed by atoms with Gasteiger partial charge < -0.3 is 9.47 Å². The van der Waals surface area contributed by atoms with Gasteiger partial charge in [0.2, 0.25) is 0 Å². The van der Waals surface area contributed by atoms with Gasteiger partial charge >= 0.3 is 0 Å². The van der Waals surface area contributed by atoms with Crippen LogP contribution in [0, 0.1) is 27.7 Å². The van der Waals surface area contributed by atoms with Crippen molar-refractivity contribution in [1.29, 1.82) is 0 Å². The smallest absolute Gasteiger partial charge is 0.277 e. The number of halogens is 2. The van der Waals surface area contributed by atoms with Crippen molar-refractivity contribution in [3.8, 4) is 11.5 Å². The lowest BCUT2D eigenvalue weighted by atomic mass is 10.1. The molecular weight excluding hydrogens is 544 g/mol. The molecule has 2 N–H and O–H groups in total. The minimum absolute atomic E-state index is 0.180. The number of carbonyl (C=O) groups excluding carboxylic acids is 2. The molecule has 0 fully saturated rings. The lowest BCUT2D eigenvalue weighted by Gasteiger charge is -2.11. The van der Waals surface area contributed by atoms with Crippen molar-refractivity contribution in [2.24, 2.45) is 10.2 Å². The molecule has 10 heteroatoms. The lowest BCUT2D eigenvalue weighted by molar-refractivity contribution is -0.123. The number of nitrogens with zero attached hydrogens (tertiary/aromatic N) is 2. The Morgan fingerprint density at radius 2 is 1.06 bits per heavy atom. The Bertz CT molecular complexity index is 925. The third kappa shape index (κ3) is 8.08. The predicted octanol–water partition coefficient (Wildman–Crippen LogP) is 4.11. The van der Waals surface area contributed by atoms with Gasteiger partial charge in [-0.3, -0.25) is 9.59 Å². The van der Waals surface area contributed by atoms with Gasteiger partial charge in [0.1, 0.15) is 11.5 Å². The number of ether oxygens (including phenoxy) is 2. The van der Waals surface area contributed by atoms with Gasteiger partial charge in [0, 0.05) is 8.95 Å². The number of amides is 2. The topological polar surface area (TPSA) is 101 Å². The van der Waals surface area contributed by atoms with Gasteiger partial charge in [-0.1, -0.05) is 31.9 Å². The first-order chi connectivity index (χ1) is 15.2. The summed E-state index contributed by atoms with van der Waals surface area (Å²) in [4.78, 5) is 23.7. The lowest BCUT2D eigenvalue weighted by Crippen LogP contribution is -2.26. The highest BCUT2D eigenvalue weighted by Crippen LogP contribution is 2.28. The van der Waals surface area contributed by atoms with E-state index in [1.165, 1.54) is 12.4 Å². The summed E-state index contributed by atoms with van der Waals surface area (Å²) in [6, 6.07) is 7.65. The second-order valence-corrected chi connectivity index (χ2v) is 8.77. The highest BCUT2D eigenvalue weighted by molar-refractivity contribution is 9.10. The van der Waals surface area contributed by atoms with Crippen LogP contribution in [0.5, 0.6) is 11.5 Å². The van der Waals surface area contributed by atoms with E-state index in [1.54, 1.807) is 0 Å². The first-order valence-electron chi connectivity index (χ1n) is 9.59. The predicted molar refractivity (Wildman–Crippen MR) is 131 cm³/mol. The molecule has 2 amide bonds. The maximum absolute atomic E-state index is 11.8. The molecular formula is C22H24Br2N4O4. The summed E-state index contributed by atoms with van der Waals surface area (Å²) in [6.07, 6.45) is 2.47. The molecule has 8 nitrogen and oxygen atoms in total. The van der Waals surface area contributed by atoms with Crippen LogP contribution in [0.2, 0.25) is 0 Å². The van der Waals surface area contributed by atoms with E-state index in [0.717, 1.165) is 31.2 Å². The van der Waals surface area contributed by atoms with E-state index >= 15 is 0 Å². The number of rotatable bonds is 9. The normalized spacial score (nSPS) is 11.1. The van der Waals surface area contributed by atoms with E-state index in [0.29, 0.717) is 11.5 Å². The number of benzene rings is 2. The standard InChI is InChI=1S/C22H24Br2N4O4/c1-13-7-17(23)8-14(2)21(13)31-11-19(29)27-25-5-6-26-28-20(30)12-32-22-15(3)9-18(24)10-16(22)4/h5-10H,11-12H2,1-4H3,(H,27,29)(H,28,30). The molecule has 0 aliphatic rings. The van der Waals surface area contributed by atoms with E-state index in [9.17, 15) is 9.59 Å². The molecule has 2 aromatic rings. The Labute approximate surface area is 203 Å². The van der Waals surface area contributed by atoms with E-state index in [2.05, 4.69) is 52.9 Å². The molecule has 0 aliphatic carbocycles. The number of carbonyl (C=O) groups is 2. The summed E-state index contributed by atoms with van der Waals surface area (Å²) in [7, 11) is 0. The van der Waals surface area contributed by atoms with Gasteiger partial charge in [0.15, 0.2) is 13.2 Å². The highest BCUT2D eigenvalue weighted by Gasteiger charge is 2.09. The molecule has 0 spiro atoms. The SMILES string of the molecule is Cc1cc(Br)cc(C)c1OCC(=O)NN=CC=NNC(=O)COc1c(C)cc(Br)cc1C. The number of hydrazone groups is 2. The van der Waals surface area contributed by atoms with E-state index in [1.807, 2.05) is 52.0 Å². The van der Waals surface area contributed by atoms with Crippen molar-refractivity contribution in [3.05, 3.63) is 55.5 Å². The van der Waals surface area contributed by atoms with E-state index in [4.69, 9.17) is 9.47 Å². The minimum atomic E-state index is -0.422. The monoisotopic (exact) mass is 566 g/mol. The Morgan fingerprint density at radius 3 is 1.38 bits per heavy atom. The first kappa shape index (κ1) is 25.5. The molecule has 0 radical (unpaired) electrons. The Hall–Kier alpha value is -2.72. The fourth-order valence-electron chi connectivity index (χ4n) is 2.88. The molecule has 2 aromatic carbocycles. The van der Waals surface area contributed by atoms with Crippen molar-refractivity contribution in [2.75, 3.05) is 13.2 Å². The quantitative estimate of drug-likeness (QED) is 0.352. The third-order valence-electron chi connectivity index (χ3n) is 4.14. The van der Waals surface area contributed by atoms with Crippen LogP contribution in [0.15, 0.2) is 43.4 Å². The van der Waals surface area contributed by atoms with Gasteiger partial charge in [0.25, 0.3) is 11.8 Å². The number of aryl methyl sites for hydroxylation is 4. The molecule has 32 heavy (non-hydrogen) atoms. The summed E-state index contributed by atoms with van der Waals surface area (Å²) in [6.45, 7) is 7.25. The zero-order valence-electron chi connectivity index (χ0n) is 18.2. The zero-order valence-corrected chi connectivity index (χ0v) is 21.3. The third-order valence-corrected chi connectivity index (χ3v) is 5.06. The van der Waals surface area contributed by atoms with Crippen LogP contribution in [0.4, 0.5) is 0 Å². The molecule has 2 rings (SSSR count). The van der Waals surface area contributed by atoms with Gasteiger partial charge in [-0.2, -0.15) is 10.2 Å². The molecule has 0 unspecified atom stereocenters. The summed E-state index contributed by atoms with van der Waals surface area (Å²) in [5.41, 5.74) is 8.32. The highest BCUT2D eigenvalue weighted by atomic mass is 79.9. The van der Waals surface area contributed by atoms with Gasteiger partial charge in [0.05, 0.1) is 12.4 Å². The van der Waals surface area contributed by atoms with Crippen molar-refractivity contribution in [1.82, 2.24) is 10.9 Å². The molecule has 0 heterocycles. The largest absolute Gasteiger partial charge is 0.483 e. The van der Waals surface area contributed by atoms with Crippen LogP contribution in [0.25, 0.3) is 0 Å². The molecule has 0 saturated heterocycles. The van der Waals surface area contributed by atoms with Crippen LogP contribution in [-0.4, -0.2) is 37.5 Å². The second-order valence-electron chi connectivity index (χ2n) is 6.94. The van der Waals surface area contributed by atoms with Crippen LogP contribution < -0.4 is 20.3 Å². The fourth-order valence-corrected chi connectivity index (χ4v) is 4.25. The van der Waals surface area contributed by atoms with Gasteiger partial charge in [-0.05, 0) is 74.2 Å². The summed E-state index contributed by atoms with van der Waals surface area (Å²) >= 11 is 6.83. The number of nitrogens with one attached hydrogen (secondary N) is 2. The Balaban J connectivity index is 1.70. The molecule has 0 bridgehead atoms. The van der Waals surface area contributed by atoms with Crippen LogP contribution in [-0.2, 0) is 9.59 Å². The van der Waals surface area contributed by atoms with Crippen molar-refractivity contribution < 1.29 is 19.1 Å². The maximum Gasteiger partial charge on any atom is 0.277 e. The van der Waals surface area contributed by atoms with E-state index in [-0.39, 0.29) is 13.2 Å². The van der Waals surface area contributed by atoms with Crippen molar-refractivity contribution in [2.45, 2.75) is 27.7 Å². The molecule has 0 aliphatic heterocycles. The van der Waals surface area contributed by atoms with Gasteiger partial charge in [-0.15, -0.1) is 0 Å². The summed E-state index contributed by atoms with van der Waals surface area (Å²) < 4.78 is 13.0. The summed E-state index contributed by atoms with van der Waals surface area (Å²) in [5, 5.41) is 7.43. The molecule has 0 aromatic heterocycles. The van der Waals surface area contributed by atoms with Crippen LogP contribution in [0.1, 0.15) is 22.3 Å². The molecule has 0 saturated carbocycles. The summed E-state index contributed by atoms with van der Waals surface area (Å²) in [5.74, 6) is 0.475. The number of hydrogen-bond donors (Lipinski definition) is 2. The average molecular weight is 568 g/mol. The minimum Gasteiger partial charge on any atom is -0.483 e. The van der Waals surface area contributed by atoms with Gasteiger partial charge in [-0.25, -0.2) is 10.9 Å². The zero-order chi connectivity index (χ0) is 23.7. The van der Waals surface area contributed by atoms with Crippen molar-refractivity contribution >= 4 is 56.1 Å². The maximum atomic E-state index is 11.8. The fraction of sp³-hybridized carbons (Fsp3) is 0.273. The second kappa shape index (κ2) is 12.4. The molecule has 0 atom stereocenters. The van der Waals surface area contributed by atoms with Crippen molar-refractivity contribution in [3.63, 3.8) is 0 Å². The first-order valence-corrected chi connectivity index (χ1v) is 11.2. The molecule has 170 valence electrons. The number of hydrogen-bond acceptors (Lipinski definition) is 6. The van der Waals surface area contributed by atoms with E-state index < -0.39 is 11.8 Å². The Morgan fingerprint density at radius 1 is 0.750 bits per heavy atom. The Kier molecular flexibility index (Phi) is 9.86. The van der Waals surface area contributed by atoms with Crippen LogP contribution >= 0.6 is 31.9 Å². The average Bonchev–Trinajstić information content (AvgIpc) is 2.68. The van der Waals surface area contributed by atoms with Crippen LogP contribution in [0.3, 0.4) is 0 Å².